The molecular formula is C29H29F3O7. The van der Waals surface area contributed by atoms with Gasteiger partial charge in [-0.05, 0) is 56.2 Å². The number of benzene rings is 3. The van der Waals surface area contributed by atoms with Crippen molar-refractivity contribution in [3.8, 4) is 28.4 Å². The van der Waals surface area contributed by atoms with Crippen molar-refractivity contribution in [3.05, 3.63) is 76.9 Å². The second-order valence-electron chi connectivity index (χ2n) is 9.59. The van der Waals surface area contributed by atoms with E-state index in [-0.39, 0.29) is 18.6 Å². The molecule has 0 aliphatic rings. The highest BCUT2D eigenvalue weighted by Gasteiger charge is 2.37. The standard InChI is InChI=1S/C29H29F3O7/c1-28(2,3)39-27(35)25-20(10-13-22(26(25)34)29(30,31)32)16-38-21-11-8-17(9-12-21)18-6-7-19(15-24(33)37-5)23(14-18)36-4/h6-14,34H,15-16H2,1-5H3. The van der Waals surface area contributed by atoms with Gasteiger partial charge in [0.15, 0.2) is 0 Å². The Kier molecular flexibility index (Phi) is 8.78. The minimum atomic E-state index is -4.86. The molecule has 0 atom stereocenters. The molecule has 0 saturated carbocycles. The number of aromatic hydroxyl groups is 1. The average Bonchev–Trinajstić information content (AvgIpc) is 2.86. The predicted molar refractivity (Wildman–Crippen MR) is 137 cm³/mol. The number of phenolic OH excluding ortho intramolecular Hbond substituents is 1. The number of hydrogen-bond acceptors (Lipinski definition) is 7. The predicted octanol–water partition coefficient (Wildman–Crippen LogP) is 6.34. The first-order valence-electron chi connectivity index (χ1n) is 11.9. The van der Waals surface area contributed by atoms with Gasteiger partial charge in [0.1, 0.15) is 35.0 Å². The summed E-state index contributed by atoms with van der Waals surface area (Å²) in [5, 5.41) is 10.3. The zero-order valence-corrected chi connectivity index (χ0v) is 22.1. The largest absolute Gasteiger partial charge is 0.506 e. The number of halogens is 3. The number of methoxy groups -OCH3 is 2. The second-order valence-corrected chi connectivity index (χ2v) is 9.59. The lowest BCUT2D eigenvalue weighted by molar-refractivity contribution is -0.140. The number of phenols is 1. The van der Waals surface area contributed by atoms with Crippen LogP contribution in [0.4, 0.5) is 13.2 Å². The van der Waals surface area contributed by atoms with Crippen LogP contribution in [0.1, 0.15) is 47.8 Å². The summed E-state index contributed by atoms with van der Waals surface area (Å²) < 4.78 is 61.1. The highest BCUT2D eigenvalue weighted by atomic mass is 19.4. The van der Waals surface area contributed by atoms with Gasteiger partial charge in [-0.1, -0.05) is 30.3 Å². The molecule has 3 aromatic carbocycles. The summed E-state index contributed by atoms with van der Waals surface area (Å²) in [6.45, 7) is 4.40. The van der Waals surface area contributed by atoms with Crippen LogP contribution in [0, 0.1) is 0 Å². The maximum atomic E-state index is 13.4. The SMILES string of the molecule is COC(=O)Cc1ccc(-c2ccc(OCc3ccc(C(F)(F)F)c(O)c3C(=O)OC(C)(C)C)cc2)cc1OC. The van der Waals surface area contributed by atoms with Crippen molar-refractivity contribution >= 4 is 11.9 Å². The Morgan fingerprint density at radius 3 is 2.05 bits per heavy atom. The Labute approximate surface area is 224 Å². The summed E-state index contributed by atoms with van der Waals surface area (Å²) in [6.07, 6.45) is -4.80. The Hall–Kier alpha value is -4.21. The van der Waals surface area contributed by atoms with E-state index in [1.807, 2.05) is 6.07 Å². The smallest absolute Gasteiger partial charge is 0.419 e. The van der Waals surface area contributed by atoms with Crippen molar-refractivity contribution in [2.45, 2.75) is 45.6 Å². The summed E-state index contributed by atoms with van der Waals surface area (Å²) in [5.74, 6) is -1.79. The minimum absolute atomic E-state index is 0.0322. The molecule has 208 valence electrons. The third-order valence-electron chi connectivity index (χ3n) is 5.60. The number of esters is 2. The molecule has 39 heavy (non-hydrogen) atoms. The van der Waals surface area contributed by atoms with Gasteiger partial charge in [-0.15, -0.1) is 0 Å². The first kappa shape index (κ1) is 29.3. The van der Waals surface area contributed by atoms with E-state index in [2.05, 4.69) is 0 Å². The van der Waals surface area contributed by atoms with Gasteiger partial charge in [-0.3, -0.25) is 4.79 Å². The lowest BCUT2D eigenvalue weighted by Gasteiger charge is -2.22. The van der Waals surface area contributed by atoms with E-state index in [0.717, 1.165) is 17.2 Å². The Bertz CT molecular complexity index is 1340. The van der Waals surface area contributed by atoms with Gasteiger partial charge < -0.3 is 24.1 Å². The van der Waals surface area contributed by atoms with E-state index >= 15 is 0 Å². The van der Waals surface area contributed by atoms with E-state index in [9.17, 15) is 27.9 Å². The molecule has 0 fully saturated rings. The molecule has 0 heterocycles. The fraction of sp³-hybridized carbons (Fsp3) is 0.310. The number of carbonyl (C=O) groups is 2. The van der Waals surface area contributed by atoms with Crippen molar-refractivity contribution < 1.29 is 46.8 Å². The van der Waals surface area contributed by atoms with Crippen molar-refractivity contribution in [3.63, 3.8) is 0 Å². The van der Waals surface area contributed by atoms with Crippen LogP contribution in [0.2, 0.25) is 0 Å². The van der Waals surface area contributed by atoms with Gasteiger partial charge in [-0.25, -0.2) is 4.79 Å². The van der Waals surface area contributed by atoms with Gasteiger partial charge in [0.05, 0.1) is 26.2 Å². The molecule has 10 heteroatoms. The van der Waals surface area contributed by atoms with Gasteiger partial charge in [0, 0.05) is 11.1 Å². The molecule has 0 amide bonds. The third kappa shape index (κ3) is 7.43. The summed E-state index contributed by atoms with van der Waals surface area (Å²) in [4.78, 5) is 24.3. The maximum Gasteiger partial charge on any atom is 0.419 e. The van der Waals surface area contributed by atoms with Crippen LogP contribution in [0.3, 0.4) is 0 Å². The highest BCUT2D eigenvalue weighted by Crippen LogP contribution is 2.40. The van der Waals surface area contributed by atoms with Crippen molar-refractivity contribution in [1.82, 2.24) is 0 Å². The van der Waals surface area contributed by atoms with Gasteiger partial charge in [-0.2, -0.15) is 13.2 Å². The second kappa shape index (κ2) is 11.7. The molecular weight excluding hydrogens is 517 g/mol. The number of carbonyl (C=O) groups excluding carboxylic acids is 2. The number of alkyl halides is 3. The van der Waals surface area contributed by atoms with E-state index in [1.54, 1.807) is 57.2 Å². The van der Waals surface area contributed by atoms with Crippen LogP contribution in [-0.4, -0.2) is 36.9 Å². The van der Waals surface area contributed by atoms with Gasteiger partial charge in [0.2, 0.25) is 0 Å². The third-order valence-corrected chi connectivity index (χ3v) is 5.60. The summed E-state index contributed by atoms with van der Waals surface area (Å²) in [7, 11) is 2.81. The minimum Gasteiger partial charge on any atom is -0.506 e. The zero-order valence-electron chi connectivity index (χ0n) is 22.1. The van der Waals surface area contributed by atoms with E-state index in [4.69, 9.17) is 18.9 Å². The Balaban J connectivity index is 1.83. The molecule has 0 aliphatic heterocycles. The Morgan fingerprint density at radius 1 is 0.872 bits per heavy atom. The van der Waals surface area contributed by atoms with Crippen LogP contribution in [0.5, 0.6) is 17.2 Å². The summed E-state index contributed by atoms with van der Waals surface area (Å²) in [5.41, 5.74) is -0.608. The lowest BCUT2D eigenvalue weighted by atomic mass is 10.0. The average molecular weight is 547 g/mol. The van der Waals surface area contributed by atoms with Crippen molar-refractivity contribution in [2.75, 3.05) is 14.2 Å². The van der Waals surface area contributed by atoms with Crippen LogP contribution in [-0.2, 0) is 33.5 Å². The van der Waals surface area contributed by atoms with Gasteiger partial charge >= 0.3 is 18.1 Å². The van der Waals surface area contributed by atoms with Gasteiger partial charge in [0.25, 0.3) is 0 Å². The first-order chi connectivity index (χ1) is 18.2. The maximum absolute atomic E-state index is 13.4. The van der Waals surface area contributed by atoms with Crippen molar-refractivity contribution in [2.24, 2.45) is 0 Å². The van der Waals surface area contributed by atoms with E-state index in [1.165, 1.54) is 14.2 Å². The normalized spacial score (nSPS) is 11.6. The fourth-order valence-corrected chi connectivity index (χ4v) is 3.74. The molecule has 3 aromatic rings. The van der Waals surface area contributed by atoms with Crippen LogP contribution < -0.4 is 9.47 Å². The molecule has 0 spiro atoms. The monoisotopic (exact) mass is 546 g/mol. The molecule has 0 bridgehead atoms. The molecule has 3 rings (SSSR count). The first-order valence-corrected chi connectivity index (χ1v) is 11.9. The molecule has 7 nitrogen and oxygen atoms in total. The summed E-state index contributed by atoms with van der Waals surface area (Å²) >= 11 is 0. The molecule has 0 unspecified atom stereocenters. The molecule has 0 aromatic heterocycles. The van der Waals surface area contributed by atoms with Crippen molar-refractivity contribution in [1.29, 1.82) is 0 Å². The lowest BCUT2D eigenvalue weighted by Crippen LogP contribution is -2.25. The number of hydrogen-bond donors (Lipinski definition) is 1. The zero-order chi connectivity index (χ0) is 29.0. The number of ether oxygens (including phenoxy) is 4. The van der Waals surface area contributed by atoms with E-state index in [0.29, 0.717) is 23.1 Å². The van der Waals surface area contributed by atoms with E-state index < -0.39 is 40.6 Å². The Morgan fingerprint density at radius 2 is 1.49 bits per heavy atom. The molecule has 0 saturated heterocycles. The highest BCUT2D eigenvalue weighted by molar-refractivity contribution is 5.95. The quantitative estimate of drug-likeness (QED) is 0.330. The van der Waals surface area contributed by atoms with Crippen LogP contribution in [0.25, 0.3) is 11.1 Å². The van der Waals surface area contributed by atoms with Crippen LogP contribution in [0.15, 0.2) is 54.6 Å². The number of rotatable bonds is 8. The molecule has 1 N–H and O–H groups in total. The topological polar surface area (TPSA) is 91.3 Å². The molecule has 0 aliphatic carbocycles. The molecule has 0 radical (unpaired) electrons. The fourth-order valence-electron chi connectivity index (χ4n) is 3.74. The van der Waals surface area contributed by atoms with Crippen LogP contribution >= 0.6 is 0 Å². The summed E-state index contributed by atoms with van der Waals surface area (Å²) in [6, 6.07) is 14.0.